The van der Waals surface area contributed by atoms with Gasteiger partial charge >= 0.3 is 5.97 Å². The molecular weight excluding hydrogens is 242 g/mol. The van der Waals surface area contributed by atoms with Gasteiger partial charge in [0.15, 0.2) is 0 Å². The molecule has 19 heavy (non-hydrogen) atoms. The van der Waals surface area contributed by atoms with E-state index in [4.69, 9.17) is 0 Å². The molecule has 0 aliphatic carbocycles. The van der Waals surface area contributed by atoms with E-state index in [2.05, 4.69) is 10.1 Å². The first-order chi connectivity index (χ1) is 9.04. The molecule has 1 N–H and O–H groups in total. The molecule has 0 spiro atoms. The van der Waals surface area contributed by atoms with Crippen molar-refractivity contribution in [2.75, 3.05) is 7.11 Å². The minimum atomic E-state index is -0.582. The standard InChI is InChI=1S/C15H17NO3/c1-11(2)9-10-13(15(18)19-3)16-14(17)12-7-5-4-6-8-12/h4-10H,1-3H3,(H,16,17). The van der Waals surface area contributed by atoms with Crippen molar-refractivity contribution < 1.29 is 14.3 Å². The van der Waals surface area contributed by atoms with Crippen molar-refractivity contribution in [2.45, 2.75) is 13.8 Å². The third-order valence-corrected chi connectivity index (χ3v) is 2.27. The average Bonchev–Trinajstić information content (AvgIpc) is 2.43. The molecule has 1 aromatic carbocycles. The second-order valence-corrected chi connectivity index (χ2v) is 4.14. The van der Waals surface area contributed by atoms with Gasteiger partial charge in [0.1, 0.15) is 5.70 Å². The zero-order valence-electron chi connectivity index (χ0n) is 11.3. The Hall–Kier alpha value is -2.36. The van der Waals surface area contributed by atoms with Crippen LogP contribution in [0.15, 0.2) is 53.8 Å². The molecule has 1 aromatic rings. The normalized spacial score (nSPS) is 10.6. The van der Waals surface area contributed by atoms with Crippen LogP contribution in [0, 0.1) is 0 Å². The lowest BCUT2D eigenvalue weighted by atomic mass is 10.2. The van der Waals surface area contributed by atoms with E-state index in [0.717, 1.165) is 5.57 Å². The molecule has 0 atom stereocenters. The lowest BCUT2D eigenvalue weighted by Gasteiger charge is -2.07. The number of hydrogen-bond acceptors (Lipinski definition) is 3. The molecule has 1 rings (SSSR count). The fraction of sp³-hybridized carbons (Fsp3) is 0.200. The minimum Gasteiger partial charge on any atom is -0.464 e. The number of carbonyl (C=O) groups excluding carboxylic acids is 2. The van der Waals surface area contributed by atoms with Crippen molar-refractivity contribution in [3.8, 4) is 0 Å². The SMILES string of the molecule is COC(=O)C(=CC=C(C)C)NC(=O)c1ccccc1. The molecule has 0 radical (unpaired) electrons. The summed E-state index contributed by atoms with van der Waals surface area (Å²) < 4.78 is 4.63. The summed E-state index contributed by atoms with van der Waals surface area (Å²) in [7, 11) is 1.27. The van der Waals surface area contributed by atoms with E-state index in [1.807, 2.05) is 19.9 Å². The fourth-order valence-electron chi connectivity index (χ4n) is 1.30. The molecular formula is C15H17NO3. The van der Waals surface area contributed by atoms with Gasteiger partial charge in [-0.2, -0.15) is 0 Å². The Bertz CT molecular complexity index is 511. The highest BCUT2D eigenvalue weighted by Crippen LogP contribution is 2.02. The molecule has 100 valence electrons. The van der Waals surface area contributed by atoms with Gasteiger partial charge in [-0.1, -0.05) is 29.8 Å². The Morgan fingerprint density at radius 3 is 2.26 bits per heavy atom. The summed E-state index contributed by atoms with van der Waals surface area (Å²) in [4.78, 5) is 23.5. The van der Waals surface area contributed by atoms with Crippen LogP contribution in [0.3, 0.4) is 0 Å². The van der Waals surface area contributed by atoms with Gasteiger partial charge in [-0.15, -0.1) is 0 Å². The van der Waals surface area contributed by atoms with Crippen molar-refractivity contribution in [3.05, 3.63) is 59.3 Å². The molecule has 4 nitrogen and oxygen atoms in total. The highest BCUT2D eigenvalue weighted by Gasteiger charge is 2.13. The average molecular weight is 259 g/mol. The van der Waals surface area contributed by atoms with E-state index < -0.39 is 5.97 Å². The summed E-state index contributed by atoms with van der Waals surface area (Å²) in [6.07, 6.45) is 3.26. The number of methoxy groups -OCH3 is 1. The Morgan fingerprint density at radius 2 is 1.74 bits per heavy atom. The number of carbonyl (C=O) groups is 2. The number of esters is 1. The highest BCUT2D eigenvalue weighted by atomic mass is 16.5. The van der Waals surface area contributed by atoms with E-state index in [1.165, 1.54) is 13.2 Å². The van der Waals surface area contributed by atoms with Crippen LogP contribution in [0.25, 0.3) is 0 Å². The Balaban J connectivity index is 2.90. The minimum absolute atomic E-state index is 0.109. The second-order valence-electron chi connectivity index (χ2n) is 4.14. The number of allylic oxidation sites excluding steroid dienone is 3. The van der Waals surface area contributed by atoms with E-state index in [1.54, 1.807) is 30.3 Å². The van der Waals surface area contributed by atoms with Crippen LogP contribution in [0.4, 0.5) is 0 Å². The van der Waals surface area contributed by atoms with Crippen molar-refractivity contribution in [1.29, 1.82) is 0 Å². The predicted octanol–water partition coefficient (Wildman–Crippen LogP) is 2.44. The van der Waals surface area contributed by atoms with Gasteiger partial charge in [-0.3, -0.25) is 4.79 Å². The van der Waals surface area contributed by atoms with Crippen LogP contribution >= 0.6 is 0 Å². The maximum atomic E-state index is 11.9. The fourth-order valence-corrected chi connectivity index (χ4v) is 1.30. The molecule has 0 unspecified atom stereocenters. The Labute approximate surface area is 112 Å². The predicted molar refractivity (Wildman–Crippen MR) is 73.4 cm³/mol. The summed E-state index contributed by atoms with van der Waals surface area (Å²) in [5, 5.41) is 2.54. The maximum absolute atomic E-state index is 11.9. The number of rotatable bonds is 4. The first-order valence-electron chi connectivity index (χ1n) is 5.84. The molecule has 0 bridgehead atoms. The van der Waals surface area contributed by atoms with E-state index >= 15 is 0 Å². The molecule has 0 fully saturated rings. The van der Waals surface area contributed by atoms with Crippen LogP contribution in [0.1, 0.15) is 24.2 Å². The Morgan fingerprint density at radius 1 is 1.11 bits per heavy atom. The van der Waals surface area contributed by atoms with Crippen molar-refractivity contribution in [1.82, 2.24) is 5.32 Å². The van der Waals surface area contributed by atoms with Crippen molar-refractivity contribution in [2.24, 2.45) is 0 Å². The van der Waals surface area contributed by atoms with Crippen molar-refractivity contribution >= 4 is 11.9 Å². The van der Waals surface area contributed by atoms with Gasteiger partial charge in [-0.05, 0) is 32.1 Å². The molecule has 4 heteroatoms. The van der Waals surface area contributed by atoms with Gasteiger partial charge in [0.05, 0.1) is 7.11 Å². The smallest absolute Gasteiger partial charge is 0.354 e. The van der Waals surface area contributed by atoms with Crippen molar-refractivity contribution in [3.63, 3.8) is 0 Å². The van der Waals surface area contributed by atoms with Gasteiger partial charge in [0.25, 0.3) is 5.91 Å². The molecule has 0 aliphatic rings. The molecule has 0 saturated heterocycles. The molecule has 1 amide bonds. The van der Waals surface area contributed by atoms with Crippen LogP contribution in [0.2, 0.25) is 0 Å². The third kappa shape index (κ3) is 4.79. The number of nitrogens with one attached hydrogen (secondary N) is 1. The monoisotopic (exact) mass is 259 g/mol. The topological polar surface area (TPSA) is 55.4 Å². The van der Waals surface area contributed by atoms with Crippen LogP contribution < -0.4 is 5.32 Å². The molecule has 0 aliphatic heterocycles. The highest BCUT2D eigenvalue weighted by molar-refractivity contribution is 6.01. The largest absolute Gasteiger partial charge is 0.464 e. The number of hydrogen-bond donors (Lipinski definition) is 1. The second kappa shape index (κ2) is 7.16. The summed E-state index contributed by atoms with van der Waals surface area (Å²) in [6.45, 7) is 3.79. The molecule has 0 saturated carbocycles. The van der Waals surface area contributed by atoms with Gasteiger partial charge in [0.2, 0.25) is 0 Å². The van der Waals surface area contributed by atoms with E-state index in [-0.39, 0.29) is 11.6 Å². The van der Waals surface area contributed by atoms with Gasteiger partial charge in [0, 0.05) is 5.56 Å². The lowest BCUT2D eigenvalue weighted by Crippen LogP contribution is -2.28. The van der Waals surface area contributed by atoms with Gasteiger partial charge in [-0.25, -0.2) is 4.79 Å². The van der Waals surface area contributed by atoms with Crippen LogP contribution in [-0.4, -0.2) is 19.0 Å². The van der Waals surface area contributed by atoms with Crippen LogP contribution in [0.5, 0.6) is 0 Å². The summed E-state index contributed by atoms with van der Waals surface area (Å²) >= 11 is 0. The summed E-state index contributed by atoms with van der Waals surface area (Å²) in [5.74, 6) is -0.929. The summed E-state index contributed by atoms with van der Waals surface area (Å²) in [5.41, 5.74) is 1.60. The van der Waals surface area contributed by atoms with E-state index in [9.17, 15) is 9.59 Å². The third-order valence-electron chi connectivity index (χ3n) is 2.27. The quantitative estimate of drug-likeness (QED) is 0.513. The molecule has 0 aromatic heterocycles. The lowest BCUT2D eigenvalue weighted by molar-refractivity contribution is -0.136. The number of benzene rings is 1. The zero-order chi connectivity index (χ0) is 14.3. The first kappa shape index (κ1) is 14.7. The Kier molecular flexibility index (Phi) is 5.54. The number of amides is 1. The van der Waals surface area contributed by atoms with Crippen LogP contribution in [-0.2, 0) is 9.53 Å². The first-order valence-corrected chi connectivity index (χ1v) is 5.84. The summed E-state index contributed by atoms with van der Waals surface area (Å²) in [6, 6.07) is 8.67. The zero-order valence-corrected chi connectivity index (χ0v) is 11.3. The van der Waals surface area contributed by atoms with E-state index in [0.29, 0.717) is 5.56 Å². The van der Waals surface area contributed by atoms with Gasteiger partial charge < -0.3 is 10.1 Å². The molecule has 0 heterocycles. The number of ether oxygens (including phenoxy) is 1. The maximum Gasteiger partial charge on any atom is 0.354 e.